The number of nitrogens with zero attached hydrogens (tertiary/aromatic N) is 2. The highest BCUT2D eigenvalue weighted by atomic mass is 16.4. The molecule has 0 spiro atoms. The van der Waals surface area contributed by atoms with Crippen molar-refractivity contribution in [2.24, 2.45) is 0 Å². The summed E-state index contributed by atoms with van der Waals surface area (Å²) in [4.78, 5) is 26.5. The molecule has 0 atom stereocenters. The third-order valence-corrected chi connectivity index (χ3v) is 3.86. The lowest BCUT2D eigenvalue weighted by atomic mass is 9.85. The minimum atomic E-state index is -0.792. The molecule has 0 aromatic carbocycles. The Hall–Kier alpha value is -1.30. The number of rotatable bonds is 8. The molecule has 2 amide bonds. The fourth-order valence-corrected chi connectivity index (χ4v) is 2.62. The Bertz CT molecular complexity index is 330. The number of urea groups is 1. The van der Waals surface area contributed by atoms with Crippen molar-refractivity contribution in [2.45, 2.75) is 52.1 Å². The zero-order valence-corrected chi connectivity index (χ0v) is 12.8. The third-order valence-electron chi connectivity index (χ3n) is 3.86. The lowest BCUT2D eigenvalue weighted by Gasteiger charge is -2.42. The van der Waals surface area contributed by atoms with Crippen LogP contribution in [-0.2, 0) is 4.79 Å². The summed E-state index contributed by atoms with van der Waals surface area (Å²) in [6.07, 6.45) is 2.64. The Morgan fingerprint density at radius 2 is 1.85 bits per heavy atom. The fourth-order valence-electron chi connectivity index (χ4n) is 2.62. The predicted octanol–water partition coefficient (Wildman–Crippen LogP) is 1.37. The van der Waals surface area contributed by atoms with Crippen molar-refractivity contribution < 1.29 is 14.7 Å². The molecule has 1 saturated carbocycles. The highest BCUT2D eigenvalue weighted by molar-refractivity contribution is 5.74. The summed E-state index contributed by atoms with van der Waals surface area (Å²) < 4.78 is 0. The molecule has 0 saturated heterocycles. The summed E-state index contributed by atoms with van der Waals surface area (Å²) in [7, 11) is 0. The third kappa shape index (κ3) is 4.67. The molecule has 1 fully saturated rings. The van der Waals surface area contributed by atoms with E-state index in [-0.39, 0.29) is 24.7 Å². The summed E-state index contributed by atoms with van der Waals surface area (Å²) in [5, 5.41) is 11.9. The zero-order chi connectivity index (χ0) is 15.1. The maximum absolute atomic E-state index is 12.0. The summed E-state index contributed by atoms with van der Waals surface area (Å²) in [6.45, 7) is 8.31. The van der Waals surface area contributed by atoms with Crippen LogP contribution in [0, 0.1) is 0 Å². The second kappa shape index (κ2) is 8.09. The minimum Gasteiger partial charge on any atom is -0.480 e. The first-order valence-corrected chi connectivity index (χ1v) is 7.53. The molecule has 0 aromatic rings. The van der Waals surface area contributed by atoms with Crippen LogP contribution in [-0.4, -0.2) is 65.2 Å². The molecule has 0 aliphatic heterocycles. The molecule has 0 radical (unpaired) electrons. The molecule has 1 aliphatic rings. The Labute approximate surface area is 121 Å². The average molecular weight is 285 g/mol. The van der Waals surface area contributed by atoms with Gasteiger partial charge >= 0.3 is 12.0 Å². The summed E-state index contributed by atoms with van der Waals surface area (Å²) >= 11 is 0. The summed E-state index contributed by atoms with van der Waals surface area (Å²) in [5.41, 5.74) is 0. The van der Waals surface area contributed by atoms with Gasteiger partial charge in [0.05, 0.1) is 6.54 Å². The standard InChI is InChI=1S/C14H27N3O3/c1-4-7-16(5-2)14(20)15-11-8-12(9-11)17(6-3)10-13(18)19/h11-12H,4-10H2,1-3H3,(H,15,20)(H,18,19). The number of carbonyl (C=O) groups excluding carboxylic acids is 1. The maximum Gasteiger partial charge on any atom is 0.317 e. The van der Waals surface area contributed by atoms with Crippen molar-refractivity contribution >= 4 is 12.0 Å². The van der Waals surface area contributed by atoms with Crippen LogP contribution >= 0.6 is 0 Å². The van der Waals surface area contributed by atoms with Gasteiger partial charge in [-0.2, -0.15) is 0 Å². The number of carboxylic acid groups (broad SMARTS) is 1. The smallest absolute Gasteiger partial charge is 0.317 e. The Morgan fingerprint density at radius 3 is 2.30 bits per heavy atom. The van der Waals surface area contributed by atoms with E-state index in [1.165, 1.54) is 0 Å². The number of aliphatic carboxylic acids is 1. The van der Waals surface area contributed by atoms with Crippen molar-refractivity contribution in [3.63, 3.8) is 0 Å². The van der Waals surface area contributed by atoms with Crippen LogP contribution in [0.2, 0.25) is 0 Å². The van der Waals surface area contributed by atoms with Crippen LogP contribution in [0.3, 0.4) is 0 Å². The SMILES string of the molecule is CCCN(CC)C(=O)NC1CC(N(CC)CC(=O)O)C1. The Balaban J connectivity index is 2.33. The number of amides is 2. The van der Waals surface area contributed by atoms with Gasteiger partial charge in [-0.3, -0.25) is 9.69 Å². The summed E-state index contributed by atoms with van der Waals surface area (Å²) in [6, 6.07) is 0.461. The lowest BCUT2D eigenvalue weighted by Crippen LogP contribution is -2.56. The Morgan fingerprint density at radius 1 is 1.20 bits per heavy atom. The highest BCUT2D eigenvalue weighted by Crippen LogP contribution is 2.25. The largest absolute Gasteiger partial charge is 0.480 e. The van der Waals surface area contributed by atoms with E-state index in [2.05, 4.69) is 12.2 Å². The van der Waals surface area contributed by atoms with Gasteiger partial charge in [0.25, 0.3) is 0 Å². The second-order valence-electron chi connectivity index (χ2n) is 5.31. The first-order valence-electron chi connectivity index (χ1n) is 7.53. The molecule has 6 nitrogen and oxygen atoms in total. The van der Waals surface area contributed by atoms with E-state index in [4.69, 9.17) is 5.11 Å². The van der Waals surface area contributed by atoms with E-state index in [9.17, 15) is 9.59 Å². The van der Waals surface area contributed by atoms with Crippen molar-refractivity contribution in [3.8, 4) is 0 Å². The van der Waals surface area contributed by atoms with Gasteiger partial charge in [-0.05, 0) is 32.7 Å². The van der Waals surface area contributed by atoms with Crippen LogP contribution in [0.1, 0.15) is 40.0 Å². The minimum absolute atomic E-state index is 0.000849. The van der Waals surface area contributed by atoms with Gasteiger partial charge in [0.15, 0.2) is 0 Å². The second-order valence-corrected chi connectivity index (χ2v) is 5.31. The van der Waals surface area contributed by atoms with E-state index in [1.807, 2.05) is 23.6 Å². The van der Waals surface area contributed by atoms with E-state index in [0.717, 1.165) is 38.9 Å². The van der Waals surface area contributed by atoms with Crippen LogP contribution in [0.5, 0.6) is 0 Å². The molecule has 1 aliphatic carbocycles. The number of hydrogen-bond donors (Lipinski definition) is 2. The van der Waals surface area contributed by atoms with Gasteiger partial charge in [0.2, 0.25) is 0 Å². The molecule has 1 rings (SSSR count). The quantitative estimate of drug-likeness (QED) is 0.706. The predicted molar refractivity (Wildman–Crippen MR) is 77.8 cm³/mol. The van der Waals surface area contributed by atoms with Crippen molar-refractivity contribution in [1.29, 1.82) is 0 Å². The van der Waals surface area contributed by atoms with Gasteiger partial charge in [0, 0.05) is 25.2 Å². The van der Waals surface area contributed by atoms with Gasteiger partial charge < -0.3 is 15.3 Å². The monoisotopic (exact) mass is 285 g/mol. The number of nitrogens with one attached hydrogen (secondary N) is 1. The van der Waals surface area contributed by atoms with Crippen molar-refractivity contribution in [2.75, 3.05) is 26.2 Å². The molecule has 2 N–H and O–H groups in total. The van der Waals surface area contributed by atoms with Gasteiger partial charge in [-0.1, -0.05) is 13.8 Å². The van der Waals surface area contributed by atoms with Crippen molar-refractivity contribution in [3.05, 3.63) is 0 Å². The van der Waals surface area contributed by atoms with Crippen LogP contribution in [0.15, 0.2) is 0 Å². The number of carboxylic acids is 1. The normalized spacial score (nSPS) is 21.4. The lowest BCUT2D eigenvalue weighted by molar-refractivity contribution is -0.139. The van der Waals surface area contributed by atoms with Gasteiger partial charge in [-0.25, -0.2) is 4.79 Å². The molecular weight excluding hydrogens is 258 g/mol. The molecule has 0 heterocycles. The number of carbonyl (C=O) groups is 2. The van der Waals surface area contributed by atoms with E-state index in [0.29, 0.717) is 0 Å². The van der Waals surface area contributed by atoms with Gasteiger partial charge in [0.1, 0.15) is 0 Å². The molecular formula is C14H27N3O3. The topological polar surface area (TPSA) is 72.9 Å². The fraction of sp³-hybridized carbons (Fsp3) is 0.857. The molecule has 116 valence electrons. The van der Waals surface area contributed by atoms with E-state index < -0.39 is 5.97 Å². The van der Waals surface area contributed by atoms with E-state index in [1.54, 1.807) is 0 Å². The van der Waals surface area contributed by atoms with Crippen molar-refractivity contribution in [1.82, 2.24) is 15.1 Å². The molecule has 6 heteroatoms. The Kier molecular flexibility index (Phi) is 6.78. The number of hydrogen-bond acceptors (Lipinski definition) is 3. The van der Waals surface area contributed by atoms with Crippen LogP contribution in [0.4, 0.5) is 4.79 Å². The molecule has 0 aromatic heterocycles. The molecule has 20 heavy (non-hydrogen) atoms. The maximum atomic E-state index is 12.0. The van der Waals surface area contributed by atoms with Crippen LogP contribution < -0.4 is 5.32 Å². The molecule has 0 unspecified atom stereocenters. The average Bonchev–Trinajstić information content (AvgIpc) is 2.36. The highest BCUT2D eigenvalue weighted by Gasteiger charge is 2.35. The zero-order valence-electron chi connectivity index (χ0n) is 12.8. The number of likely N-dealkylation sites (N-methyl/N-ethyl adjacent to an activating group) is 1. The van der Waals surface area contributed by atoms with Gasteiger partial charge in [-0.15, -0.1) is 0 Å². The summed E-state index contributed by atoms with van der Waals surface area (Å²) in [5.74, 6) is -0.792. The first-order chi connectivity index (χ1) is 9.51. The first kappa shape index (κ1) is 16.8. The molecule has 0 bridgehead atoms. The van der Waals surface area contributed by atoms with Crippen LogP contribution in [0.25, 0.3) is 0 Å². The van der Waals surface area contributed by atoms with E-state index >= 15 is 0 Å².